The van der Waals surface area contributed by atoms with Crippen LogP contribution in [0.15, 0.2) is 6.20 Å². The Hall–Kier alpha value is -1.52. The van der Waals surface area contributed by atoms with E-state index in [9.17, 15) is 4.79 Å². The van der Waals surface area contributed by atoms with Gasteiger partial charge in [0.2, 0.25) is 0 Å². The number of carbonyl (C=O) groups excluding carboxylic acids is 1. The number of aromatic nitrogens is 2. The molecular formula is C11H18N4O. The van der Waals surface area contributed by atoms with Gasteiger partial charge in [-0.25, -0.2) is 0 Å². The topological polar surface area (TPSA) is 83.8 Å². The Morgan fingerprint density at radius 3 is 2.81 bits per heavy atom. The van der Waals surface area contributed by atoms with Crippen LogP contribution < -0.4 is 11.1 Å². The van der Waals surface area contributed by atoms with Gasteiger partial charge >= 0.3 is 0 Å². The van der Waals surface area contributed by atoms with E-state index in [2.05, 4.69) is 29.4 Å². The molecule has 0 bridgehead atoms. The minimum Gasteiger partial charge on any atom is -0.396 e. The summed E-state index contributed by atoms with van der Waals surface area (Å²) in [4.78, 5) is 11.8. The van der Waals surface area contributed by atoms with Crippen molar-refractivity contribution in [2.24, 2.45) is 11.3 Å². The molecule has 88 valence electrons. The van der Waals surface area contributed by atoms with E-state index in [1.165, 1.54) is 19.0 Å². The number of nitrogen functional groups attached to an aromatic ring is 1. The lowest BCUT2D eigenvalue weighted by Crippen LogP contribution is -2.33. The normalized spacial score (nSPS) is 17.4. The predicted octanol–water partition coefficient (Wildman–Crippen LogP) is 1.16. The molecule has 2 rings (SSSR count). The van der Waals surface area contributed by atoms with Gasteiger partial charge in [0.15, 0.2) is 0 Å². The molecule has 0 radical (unpaired) electrons. The number of H-pyrrole nitrogens is 1. The number of nitrogens with two attached hydrogens (primary N) is 1. The smallest absolute Gasteiger partial charge is 0.271 e. The van der Waals surface area contributed by atoms with E-state index in [0.717, 1.165) is 6.54 Å². The Balaban J connectivity index is 1.92. The summed E-state index contributed by atoms with van der Waals surface area (Å²) < 4.78 is 0. The first kappa shape index (κ1) is 11.0. The van der Waals surface area contributed by atoms with Crippen LogP contribution in [0.4, 0.5) is 5.69 Å². The molecule has 1 aromatic rings. The van der Waals surface area contributed by atoms with E-state index >= 15 is 0 Å². The lowest BCUT2D eigenvalue weighted by atomic mass is 9.92. The minimum absolute atomic E-state index is 0.165. The number of aromatic amines is 1. The fourth-order valence-electron chi connectivity index (χ4n) is 1.94. The van der Waals surface area contributed by atoms with Crippen molar-refractivity contribution in [2.45, 2.75) is 26.7 Å². The van der Waals surface area contributed by atoms with Crippen molar-refractivity contribution >= 4 is 11.6 Å². The third-order valence-corrected chi connectivity index (χ3v) is 3.61. The van der Waals surface area contributed by atoms with Crippen LogP contribution >= 0.6 is 0 Å². The van der Waals surface area contributed by atoms with Gasteiger partial charge < -0.3 is 11.1 Å². The summed E-state index contributed by atoms with van der Waals surface area (Å²) in [5.74, 6) is 0.439. The predicted molar refractivity (Wildman–Crippen MR) is 61.8 cm³/mol. The van der Waals surface area contributed by atoms with E-state index in [1.807, 2.05) is 0 Å². The van der Waals surface area contributed by atoms with Crippen LogP contribution in [0.5, 0.6) is 0 Å². The first-order valence-electron chi connectivity index (χ1n) is 5.62. The third-order valence-electron chi connectivity index (χ3n) is 3.61. The molecule has 1 saturated carbocycles. The molecule has 5 heteroatoms. The number of nitrogens with zero attached hydrogens (tertiary/aromatic N) is 1. The van der Waals surface area contributed by atoms with Crippen LogP contribution in [0.25, 0.3) is 0 Å². The van der Waals surface area contributed by atoms with Crippen LogP contribution in [-0.4, -0.2) is 22.6 Å². The molecule has 5 nitrogen and oxygen atoms in total. The van der Waals surface area contributed by atoms with E-state index in [-0.39, 0.29) is 5.91 Å². The Bertz CT molecular complexity index is 392. The molecule has 0 aromatic carbocycles. The van der Waals surface area contributed by atoms with Gasteiger partial charge in [-0.15, -0.1) is 0 Å². The quantitative estimate of drug-likeness (QED) is 0.714. The average molecular weight is 222 g/mol. The maximum atomic E-state index is 11.8. The van der Waals surface area contributed by atoms with E-state index < -0.39 is 0 Å². The van der Waals surface area contributed by atoms with Gasteiger partial charge in [0.05, 0.1) is 11.9 Å². The Labute approximate surface area is 94.8 Å². The highest BCUT2D eigenvalue weighted by atomic mass is 16.1. The lowest BCUT2D eigenvalue weighted by Gasteiger charge is -2.19. The molecule has 1 amide bonds. The summed E-state index contributed by atoms with van der Waals surface area (Å²) in [5, 5.41) is 9.25. The van der Waals surface area contributed by atoms with Crippen LogP contribution in [0.2, 0.25) is 0 Å². The van der Waals surface area contributed by atoms with Crippen molar-refractivity contribution in [3.63, 3.8) is 0 Å². The summed E-state index contributed by atoms with van der Waals surface area (Å²) in [5.41, 5.74) is 6.67. The van der Waals surface area contributed by atoms with Crippen LogP contribution in [-0.2, 0) is 0 Å². The molecule has 1 aliphatic rings. The molecule has 0 aliphatic heterocycles. The molecule has 0 spiro atoms. The summed E-state index contributed by atoms with van der Waals surface area (Å²) in [6.07, 6.45) is 3.84. The second kappa shape index (κ2) is 3.81. The van der Waals surface area contributed by atoms with Crippen LogP contribution in [0, 0.1) is 11.3 Å². The van der Waals surface area contributed by atoms with Crippen molar-refractivity contribution in [1.29, 1.82) is 0 Å². The Kier molecular flexibility index (Phi) is 2.61. The fraction of sp³-hybridized carbons (Fsp3) is 0.636. The molecule has 1 aliphatic carbocycles. The monoisotopic (exact) mass is 222 g/mol. The number of amides is 1. The summed E-state index contributed by atoms with van der Waals surface area (Å²) in [6, 6.07) is 0. The van der Waals surface area contributed by atoms with Gasteiger partial charge in [0, 0.05) is 6.54 Å². The molecule has 0 unspecified atom stereocenters. The van der Waals surface area contributed by atoms with Crippen molar-refractivity contribution in [1.82, 2.24) is 15.5 Å². The molecule has 4 N–H and O–H groups in total. The van der Waals surface area contributed by atoms with E-state index in [0.29, 0.717) is 22.7 Å². The summed E-state index contributed by atoms with van der Waals surface area (Å²) in [7, 11) is 0. The molecule has 0 saturated heterocycles. The highest BCUT2D eigenvalue weighted by Gasteiger charge is 2.45. The number of hydrogen-bond acceptors (Lipinski definition) is 3. The minimum atomic E-state index is -0.165. The van der Waals surface area contributed by atoms with Crippen LogP contribution in [0.3, 0.4) is 0 Å². The van der Waals surface area contributed by atoms with Gasteiger partial charge in [-0.3, -0.25) is 9.89 Å². The first-order chi connectivity index (χ1) is 7.55. The number of hydrogen-bond donors (Lipinski definition) is 3. The zero-order chi connectivity index (χ0) is 11.8. The second-order valence-electron chi connectivity index (χ2n) is 4.90. The number of rotatable bonds is 4. The van der Waals surface area contributed by atoms with Gasteiger partial charge in [0.25, 0.3) is 5.91 Å². The van der Waals surface area contributed by atoms with Crippen molar-refractivity contribution in [3.05, 3.63) is 11.9 Å². The standard InChI is InChI=1S/C11H18N4O/c1-7(2)11(3-4-11)6-13-10(16)9-8(12)5-14-15-9/h5,7H,3-4,6,12H2,1-2H3,(H,13,16)(H,14,15). The second-order valence-corrected chi connectivity index (χ2v) is 4.90. The van der Waals surface area contributed by atoms with Gasteiger partial charge in [-0.1, -0.05) is 13.8 Å². The summed E-state index contributed by atoms with van der Waals surface area (Å²) >= 11 is 0. The van der Waals surface area contributed by atoms with Gasteiger partial charge in [-0.05, 0) is 24.2 Å². The average Bonchev–Trinajstić information content (AvgIpc) is 2.92. The fourth-order valence-corrected chi connectivity index (χ4v) is 1.94. The molecule has 0 atom stereocenters. The highest BCUT2D eigenvalue weighted by Crippen LogP contribution is 2.51. The van der Waals surface area contributed by atoms with E-state index in [4.69, 9.17) is 5.73 Å². The molecule has 1 fully saturated rings. The van der Waals surface area contributed by atoms with Gasteiger partial charge in [0.1, 0.15) is 5.69 Å². The first-order valence-corrected chi connectivity index (χ1v) is 5.62. The zero-order valence-corrected chi connectivity index (χ0v) is 9.71. The van der Waals surface area contributed by atoms with Crippen molar-refractivity contribution < 1.29 is 4.79 Å². The highest BCUT2D eigenvalue weighted by molar-refractivity contribution is 5.96. The zero-order valence-electron chi connectivity index (χ0n) is 9.71. The van der Waals surface area contributed by atoms with Crippen molar-refractivity contribution in [3.8, 4) is 0 Å². The summed E-state index contributed by atoms with van der Waals surface area (Å²) in [6.45, 7) is 5.12. The molecular weight excluding hydrogens is 204 g/mol. The Morgan fingerprint density at radius 2 is 2.38 bits per heavy atom. The number of anilines is 1. The van der Waals surface area contributed by atoms with Crippen molar-refractivity contribution in [2.75, 3.05) is 12.3 Å². The largest absolute Gasteiger partial charge is 0.396 e. The van der Waals surface area contributed by atoms with E-state index in [1.54, 1.807) is 0 Å². The maximum Gasteiger partial charge on any atom is 0.271 e. The molecule has 1 aromatic heterocycles. The van der Waals surface area contributed by atoms with Crippen LogP contribution in [0.1, 0.15) is 37.2 Å². The SMILES string of the molecule is CC(C)C1(CNC(=O)c2[nH]ncc2N)CC1. The Morgan fingerprint density at radius 1 is 1.69 bits per heavy atom. The maximum absolute atomic E-state index is 11.8. The number of nitrogens with one attached hydrogen (secondary N) is 2. The third kappa shape index (κ3) is 1.89. The lowest BCUT2D eigenvalue weighted by molar-refractivity contribution is 0.0935. The molecule has 16 heavy (non-hydrogen) atoms. The number of carbonyl (C=O) groups is 1. The van der Waals surface area contributed by atoms with Gasteiger partial charge in [-0.2, -0.15) is 5.10 Å². The molecule has 1 heterocycles.